The maximum absolute atomic E-state index is 5.32. The third-order valence-corrected chi connectivity index (χ3v) is 3.45. The molecule has 0 heterocycles. The molecule has 0 N–H and O–H groups in total. The molecule has 0 saturated heterocycles. The smallest absolute Gasteiger partial charge is 0.135 e. The number of benzene rings is 2. The number of rotatable bonds is 4. The predicted octanol–water partition coefficient (Wildman–Crippen LogP) is 4.23. The summed E-state index contributed by atoms with van der Waals surface area (Å²) in [5, 5.41) is 4.31. The van der Waals surface area contributed by atoms with Crippen molar-refractivity contribution >= 4 is 11.8 Å². The van der Waals surface area contributed by atoms with Crippen molar-refractivity contribution in [3.8, 4) is 0 Å². The zero-order valence-electron chi connectivity index (χ0n) is 11.8. The molecule has 0 amide bonds. The summed E-state index contributed by atoms with van der Waals surface area (Å²) in [6, 6.07) is 18.6. The van der Waals surface area contributed by atoms with Crippen LogP contribution in [-0.4, -0.2) is 12.3 Å². The van der Waals surface area contributed by atoms with Gasteiger partial charge in [0, 0.05) is 12.0 Å². The zero-order chi connectivity index (χ0) is 14.5. The summed E-state index contributed by atoms with van der Waals surface area (Å²) >= 11 is 0. The highest BCUT2D eigenvalue weighted by Crippen LogP contribution is 2.28. The molecule has 1 aliphatic rings. The fraction of sp³-hybridized carbons (Fsp3) is 0.105. The largest absolute Gasteiger partial charge is 0.391 e. The normalized spacial score (nSPS) is 17.0. The molecule has 0 radical (unpaired) electrons. The Hall–Kier alpha value is -2.61. The summed E-state index contributed by atoms with van der Waals surface area (Å²) in [6.07, 6.45) is 4.77. The molecule has 0 aliphatic heterocycles. The van der Waals surface area contributed by atoms with E-state index in [1.807, 2.05) is 24.3 Å². The number of oxime groups is 1. The van der Waals surface area contributed by atoms with Crippen LogP contribution in [0.25, 0.3) is 6.08 Å². The molecule has 0 unspecified atom stereocenters. The lowest BCUT2D eigenvalue weighted by Gasteiger charge is -2.02. The Balaban J connectivity index is 1.99. The summed E-state index contributed by atoms with van der Waals surface area (Å²) in [4.78, 5) is 5.32. The predicted molar refractivity (Wildman–Crippen MR) is 87.3 cm³/mol. The fourth-order valence-corrected chi connectivity index (χ4v) is 2.50. The number of nitrogens with zero attached hydrogens (tertiary/aromatic N) is 1. The third-order valence-electron chi connectivity index (χ3n) is 3.45. The molecule has 2 heteroatoms. The van der Waals surface area contributed by atoms with Gasteiger partial charge in [0.15, 0.2) is 0 Å². The summed E-state index contributed by atoms with van der Waals surface area (Å²) in [7, 11) is 0. The quantitative estimate of drug-likeness (QED) is 0.465. The second-order valence-electron chi connectivity index (χ2n) is 4.94. The van der Waals surface area contributed by atoms with E-state index in [0.717, 1.165) is 17.7 Å². The molecule has 0 spiro atoms. The van der Waals surface area contributed by atoms with Gasteiger partial charge >= 0.3 is 0 Å². The first-order chi connectivity index (χ1) is 10.4. The highest BCUT2D eigenvalue weighted by Gasteiger charge is 2.23. The molecule has 2 aromatic rings. The van der Waals surface area contributed by atoms with Crippen molar-refractivity contribution in [3.05, 3.63) is 89.5 Å². The Morgan fingerprint density at radius 1 is 1.05 bits per heavy atom. The van der Waals surface area contributed by atoms with Crippen LogP contribution in [0.3, 0.4) is 0 Å². The van der Waals surface area contributed by atoms with Crippen molar-refractivity contribution in [1.29, 1.82) is 0 Å². The van der Waals surface area contributed by atoms with Crippen LogP contribution >= 0.6 is 0 Å². The minimum atomic E-state index is 0.421. The van der Waals surface area contributed by atoms with Crippen LogP contribution < -0.4 is 0 Å². The van der Waals surface area contributed by atoms with Gasteiger partial charge in [0.2, 0.25) is 0 Å². The molecular formula is C19H17NO. The van der Waals surface area contributed by atoms with E-state index >= 15 is 0 Å². The van der Waals surface area contributed by atoms with E-state index in [2.05, 4.69) is 48.1 Å². The second kappa shape index (κ2) is 6.23. The molecule has 2 aromatic carbocycles. The Morgan fingerprint density at radius 2 is 1.81 bits per heavy atom. The Labute approximate surface area is 125 Å². The van der Waals surface area contributed by atoms with Crippen molar-refractivity contribution in [2.45, 2.75) is 6.42 Å². The van der Waals surface area contributed by atoms with Crippen LogP contribution in [0.15, 0.2) is 78.0 Å². The molecule has 0 fully saturated rings. The Morgan fingerprint density at radius 3 is 2.62 bits per heavy atom. The van der Waals surface area contributed by atoms with E-state index in [1.165, 1.54) is 16.7 Å². The maximum atomic E-state index is 5.32. The van der Waals surface area contributed by atoms with Crippen LogP contribution in [0.2, 0.25) is 0 Å². The highest BCUT2D eigenvalue weighted by molar-refractivity contribution is 6.18. The van der Waals surface area contributed by atoms with Crippen molar-refractivity contribution in [2.24, 2.45) is 5.16 Å². The number of hydrogen-bond donors (Lipinski definition) is 0. The molecule has 21 heavy (non-hydrogen) atoms. The van der Waals surface area contributed by atoms with Crippen LogP contribution in [-0.2, 0) is 11.3 Å². The highest BCUT2D eigenvalue weighted by atomic mass is 16.6. The molecule has 0 bridgehead atoms. The Kier molecular flexibility index (Phi) is 3.97. The van der Waals surface area contributed by atoms with Crippen LogP contribution in [0.5, 0.6) is 0 Å². The first-order valence-electron chi connectivity index (χ1n) is 7.03. The fourth-order valence-electron chi connectivity index (χ4n) is 2.50. The van der Waals surface area contributed by atoms with Gasteiger partial charge in [-0.2, -0.15) is 0 Å². The van der Waals surface area contributed by atoms with Crippen molar-refractivity contribution < 1.29 is 4.84 Å². The molecule has 0 aromatic heterocycles. The molecule has 2 nitrogen and oxygen atoms in total. The maximum Gasteiger partial charge on any atom is 0.135 e. The van der Waals surface area contributed by atoms with Crippen molar-refractivity contribution in [2.75, 3.05) is 6.61 Å². The zero-order valence-corrected chi connectivity index (χ0v) is 11.8. The van der Waals surface area contributed by atoms with E-state index in [0.29, 0.717) is 6.61 Å². The van der Waals surface area contributed by atoms with Crippen molar-refractivity contribution in [1.82, 2.24) is 0 Å². The minimum absolute atomic E-state index is 0.421. The topological polar surface area (TPSA) is 21.6 Å². The lowest BCUT2D eigenvalue weighted by Crippen LogP contribution is -2.00. The standard InChI is InChI=1S/C19H17NO/c1-2-12-21-20-19-17(13-15-8-4-3-5-9-15)14-16-10-6-7-11-18(16)19/h2-11,13H,1,12,14H2. The first kappa shape index (κ1) is 13.4. The summed E-state index contributed by atoms with van der Waals surface area (Å²) in [5.41, 5.74) is 5.74. The van der Waals surface area contributed by atoms with Gasteiger partial charge in [0.1, 0.15) is 12.3 Å². The third kappa shape index (κ3) is 2.95. The molecule has 3 rings (SSSR count). The van der Waals surface area contributed by atoms with Crippen molar-refractivity contribution in [3.63, 3.8) is 0 Å². The molecular weight excluding hydrogens is 258 g/mol. The average Bonchev–Trinajstić information content (AvgIpc) is 2.86. The molecule has 104 valence electrons. The molecule has 0 atom stereocenters. The van der Waals surface area contributed by atoms with Gasteiger partial charge in [-0.15, -0.1) is 0 Å². The number of fused-ring (bicyclic) bond motifs is 1. The van der Waals surface area contributed by atoms with E-state index in [1.54, 1.807) is 6.08 Å². The van der Waals surface area contributed by atoms with E-state index < -0.39 is 0 Å². The van der Waals surface area contributed by atoms with Gasteiger partial charge in [-0.3, -0.25) is 0 Å². The Bertz CT molecular complexity index is 699. The lowest BCUT2D eigenvalue weighted by molar-refractivity contribution is 0.175. The molecule has 1 aliphatic carbocycles. The average molecular weight is 275 g/mol. The summed E-state index contributed by atoms with van der Waals surface area (Å²) < 4.78 is 0. The SMILES string of the molecule is C=CCON=C1C(=Cc2ccccc2)Cc2ccccc21. The van der Waals surface area contributed by atoms with Gasteiger partial charge in [-0.05, 0) is 22.8 Å². The van der Waals surface area contributed by atoms with Gasteiger partial charge in [0.05, 0.1) is 0 Å². The van der Waals surface area contributed by atoms with Gasteiger partial charge in [-0.25, -0.2) is 0 Å². The van der Waals surface area contributed by atoms with E-state index in [4.69, 9.17) is 4.84 Å². The van der Waals surface area contributed by atoms with Crippen LogP contribution in [0.4, 0.5) is 0 Å². The van der Waals surface area contributed by atoms with Gasteiger partial charge < -0.3 is 4.84 Å². The molecule has 0 saturated carbocycles. The lowest BCUT2D eigenvalue weighted by atomic mass is 10.1. The number of allylic oxidation sites excluding steroid dienone is 1. The van der Waals surface area contributed by atoms with Crippen LogP contribution in [0, 0.1) is 0 Å². The second-order valence-corrected chi connectivity index (χ2v) is 4.94. The van der Waals surface area contributed by atoms with E-state index in [9.17, 15) is 0 Å². The monoisotopic (exact) mass is 275 g/mol. The van der Waals surface area contributed by atoms with Gasteiger partial charge in [-0.1, -0.05) is 72.4 Å². The number of hydrogen-bond acceptors (Lipinski definition) is 2. The van der Waals surface area contributed by atoms with Crippen LogP contribution in [0.1, 0.15) is 16.7 Å². The van der Waals surface area contributed by atoms with E-state index in [-0.39, 0.29) is 0 Å². The van der Waals surface area contributed by atoms with Gasteiger partial charge in [0.25, 0.3) is 0 Å². The first-order valence-corrected chi connectivity index (χ1v) is 7.03. The summed E-state index contributed by atoms with van der Waals surface area (Å²) in [5.74, 6) is 0. The summed E-state index contributed by atoms with van der Waals surface area (Å²) in [6.45, 7) is 4.07. The minimum Gasteiger partial charge on any atom is -0.391 e.